The molecule has 166 valence electrons. The van der Waals surface area contributed by atoms with Crippen molar-refractivity contribution in [2.75, 3.05) is 26.2 Å². The second-order valence-corrected chi connectivity index (χ2v) is 9.66. The minimum Gasteiger partial charge on any atom is -0.487 e. The lowest BCUT2D eigenvalue weighted by Gasteiger charge is -2.47. The summed E-state index contributed by atoms with van der Waals surface area (Å²) in [6.07, 6.45) is 3.46. The van der Waals surface area contributed by atoms with E-state index in [-0.39, 0.29) is 23.3 Å². The van der Waals surface area contributed by atoms with Crippen LogP contribution in [-0.2, 0) is 16.0 Å². The van der Waals surface area contributed by atoms with Crippen molar-refractivity contribution in [1.29, 1.82) is 0 Å². The van der Waals surface area contributed by atoms with Crippen LogP contribution >= 0.6 is 11.3 Å². The SMILES string of the molecule is CCN(CC)C(=O)CC1CC2(CCN(C(=O)Cc3cccs3)CC2)Oc2ccccc21. The summed E-state index contributed by atoms with van der Waals surface area (Å²) in [5.41, 5.74) is 0.854. The molecule has 1 unspecified atom stereocenters. The molecule has 0 aliphatic carbocycles. The average molecular weight is 441 g/mol. The Morgan fingerprint density at radius 2 is 1.87 bits per heavy atom. The molecule has 1 spiro atoms. The van der Waals surface area contributed by atoms with E-state index >= 15 is 0 Å². The normalized spacial score (nSPS) is 19.5. The van der Waals surface area contributed by atoms with Crippen molar-refractivity contribution < 1.29 is 14.3 Å². The van der Waals surface area contributed by atoms with E-state index in [2.05, 4.69) is 6.07 Å². The molecule has 4 rings (SSSR count). The smallest absolute Gasteiger partial charge is 0.227 e. The Kier molecular flexibility index (Phi) is 6.65. The summed E-state index contributed by atoms with van der Waals surface area (Å²) < 4.78 is 6.56. The van der Waals surface area contributed by atoms with Gasteiger partial charge in [0, 0.05) is 56.2 Å². The van der Waals surface area contributed by atoms with Crippen molar-refractivity contribution in [3.8, 4) is 5.75 Å². The van der Waals surface area contributed by atoms with Crippen LogP contribution < -0.4 is 4.74 Å². The lowest BCUT2D eigenvalue weighted by atomic mass is 9.76. The fourth-order valence-corrected chi connectivity index (χ4v) is 5.68. The average Bonchev–Trinajstić information content (AvgIpc) is 3.28. The number of carbonyl (C=O) groups excluding carboxylic acids is 2. The number of amides is 2. The van der Waals surface area contributed by atoms with E-state index in [1.165, 1.54) is 0 Å². The van der Waals surface area contributed by atoms with Crippen LogP contribution in [0.3, 0.4) is 0 Å². The van der Waals surface area contributed by atoms with Crippen molar-refractivity contribution in [1.82, 2.24) is 9.80 Å². The number of hydrogen-bond acceptors (Lipinski definition) is 4. The van der Waals surface area contributed by atoms with Gasteiger partial charge in [0.25, 0.3) is 0 Å². The summed E-state index contributed by atoms with van der Waals surface area (Å²) in [6.45, 7) is 6.97. The number of rotatable bonds is 6. The molecule has 1 saturated heterocycles. The number of thiophene rings is 1. The second kappa shape index (κ2) is 9.43. The third-order valence-corrected chi connectivity index (χ3v) is 7.65. The second-order valence-electron chi connectivity index (χ2n) is 8.63. The van der Waals surface area contributed by atoms with Gasteiger partial charge in [-0.3, -0.25) is 9.59 Å². The Balaban J connectivity index is 1.46. The first-order chi connectivity index (χ1) is 15.0. The van der Waals surface area contributed by atoms with Crippen LogP contribution in [0.25, 0.3) is 0 Å². The zero-order valence-electron chi connectivity index (χ0n) is 18.5. The number of piperidine rings is 1. The molecule has 2 aliphatic rings. The summed E-state index contributed by atoms with van der Waals surface area (Å²) in [6, 6.07) is 12.2. The summed E-state index contributed by atoms with van der Waals surface area (Å²) in [7, 11) is 0. The number of hydrogen-bond donors (Lipinski definition) is 0. The van der Waals surface area contributed by atoms with Crippen molar-refractivity contribution >= 4 is 23.2 Å². The minimum absolute atomic E-state index is 0.159. The van der Waals surface area contributed by atoms with E-state index in [1.54, 1.807) is 11.3 Å². The topological polar surface area (TPSA) is 49.9 Å². The number of para-hydroxylation sites is 1. The molecule has 0 N–H and O–H groups in total. The molecule has 2 amide bonds. The van der Waals surface area contributed by atoms with Crippen molar-refractivity contribution in [2.45, 2.75) is 57.5 Å². The first-order valence-corrected chi connectivity index (χ1v) is 12.3. The summed E-state index contributed by atoms with van der Waals surface area (Å²) in [4.78, 5) is 30.6. The molecule has 5 nitrogen and oxygen atoms in total. The molecule has 0 radical (unpaired) electrons. The van der Waals surface area contributed by atoms with Crippen LogP contribution in [0.15, 0.2) is 41.8 Å². The molecule has 3 heterocycles. The van der Waals surface area contributed by atoms with E-state index in [9.17, 15) is 9.59 Å². The molecule has 1 aromatic carbocycles. The maximum Gasteiger partial charge on any atom is 0.227 e. The number of nitrogens with zero attached hydrogens (tertiary/aromatic N) is 2. The molecule has 0 bridgehead atoms. The highest BCUT2D eigenvalue weighted by Gasteiger charge is 2.44. The Morgan fingerprint density at radius 3 is 2.55 bits per heavy atom. The quantitative estimate of drug-likeness (QED) is 0.666. The highest BCUT2D eigenvalue weighted by Crippen LogP contribution is 2.46. The van der Waals surface area contributed by atoms with E-state index < -0.39 is 0 Å². The first-order valence-electron chi connectivity index (χ1n) is 11.4. The number of benzene rings is 1. The molecule has 1 fully saturated rings. The molecular formula is C25H32N2O3S. The molecule has 1 atom stereocenters. The van der Waals surface area contributed by atoms with Crippen molar-refractivity contribution in [3.63, 3.8) is 0 Å². The van der Waals surface area contributed by atoms with E-state index in [0.29, 0.717) is 25.9 Å². The van der Waals surface area contributed by atoms with Crippen LogP contribution in [-0.4, -0.2) is 53.4 Å². The third kappa shape index (κ3) is 4.79. The van der Waals surface area contributed by atoms with Gasteiger partial charge in [-0.2, -0.15) is 0 Å². The zero-order valence-corrected chi connectivity index (χ0v) is 19.3. The summed E-state index contributed by atoms with van der Waals surface area (Å²) in [5.74, 6) is 1.48. The Hall–Kier alpha value is -2.34. The van der Waals surface area contributed by atoms with Gasteiger partial charge in [-0.05, 0) is 43.3 Å². The number of carbonyl (C=O) groups is 2. The summed E-state index contributed by atoms with van der Waals surface area (Å²) in [5, 5.41) is 2.01. The lowest BCUT2D eigenvalue weighted by molar-refractivity contribution is -0.134. The van der Waals surface area contributed by atoms with Crippen molar-refractivity contribution in [2.24, 2.45) is 0 Å². The van der Waals surface area contributed by atoms with Crippen molar-refractivity contribution in [3.05, 3.63) is 52.2 Å². The maximum absolute atomic E-state index is 12.9. The third-order valence-electron chi connectivity index (χ3n) is 6.77. The highest BCUT2D eigenvalue weighted by atomic mass is 32.1. The van der Waals surface area contributed by atoms with Gasteiger partial charge in [0.1, 0.15) is 11.4 Å². The van der Waals surface area contributed by atoms with Gasteiger partial charge in [0.05, 0.1) is 6.42 Å². The molecule has 2 aliphatic heterocycles. The first kappa shape index (κ1) is 21.9. The van der Waals surface area contributed by atoms with Gasteiger partial charge in [0.2, 0.25) is 11.8 Å². The number of likely N-dealkylation sites (tertiary alicyclic amines) is 1. The van der Waals surface area contributed by atoms with Crippen LogP contribution in [0.2, 0.25) is 0 Å². The predicted octanol–water partition coefficient (Wildman–Crippen LogP) is 4.48. The lowest BCUT2D eigenvalue weighted by Crippen LogP contribution is -2.52. The molecule has 6 heteroatoms. The zero-order chi connectivity index (χ0) is 21.8. The highest BCUT2D eigenvalue weighted by molar-refractivity contribution is 7.10. The number of fused-ring (bicyclic) bond motifs is 1. The largest absolute Gasteiger partial charge is 0.487 e. The molecule has 1 aromatic heterocycles. The van der Waals surface area contributed by atoms with Gasteiger partial charge in [0.15, 0.2) is 0 Å². The van der Waals surface area contributed by atoms with E-state index in [4.69, 9.17) is 4.74 Å². The molecule has 2 aromatic rings. The van der Waals surface area contributed by atoms with Gasteiger partial charge < -0.3 is 14.5 Å². The fraction of sp³-hybridized carbons (Fsp3) is 0.520. The number of ether oxygens (including phenoxy) is 1. The van der Waals surface area contributed by atoms with Crippen LogP contribution in [0, 0.1) is 0 Å². The fourth-order valence-electron chi connectivity index (χ4n) is 4.99. The van der Waals surface area contributed by atoms with Gasteiger partial charge in [-0.15, -0.1) is 11.3 Å². The molecular weight excluding hydrogens is 408 g/mol. The standard InChI is InChI=1S/C25H32N2O3S/c1-3-26(4-2)23(28)16-19-18-25(30-22-10-6-5-9-21(19)22)11-13-27(14-12-25)24(29)17-20-8-7-15-31-20/h5-10,15,19H,3-4,11-14,16-18H2,1-2H3. The summed E-state index contributed by atoms with van der Waals surface area (Å²) >= 11 is 1.63. The minimum atomic E-state index is -0.289. The Morgan fingerprint density at radius 1 is 1.13 bits per heavy atom. The predicted molar refractivity (Wildman–Crippen MR) is 124 cm³/mol. The van der Waals surface area contributed by atoms with Gasteiger partial charge >= 0.3 is 0 Å². The molecule has 0 saturated carbocycles. The Labute approximate surface area is 189 Å². The van der Waals surface area contributed by atoms with E-state index in [0.717, 1.165) is 48.5 Å². The van der Waals surface area contributed by atoms with Crippen LogP contribution in [0.5, 0.6) is 5.75 Å². The van der Waals surface area contributed by atoms with E-state index in [1.807, 2.05) is 59.4 Å². The Bertz CT molecular complexity index is 899. The van der Waals surface area contributed by atoms with Crippen LogP contribution in [0.1, 0.15) is 55.9 Å². The van der Waals surface area contributed by atoms with Gasteiger partial charge in [-0.1, -0.05) is 24.3 Å². The maximum atomic E-state index is 12.9. The van der Waals surface area contributed by atoms with Crippen LogP contribution in [0.4, 0.5) is 0 Å². The van der Waals surface area contributed by atoms with Gasteiger partial charge in [-0.25, -0.2) is 0 Å². The molecule has 31 heavy (non-hydrogen) atoms. The monoisotopic (exact) mass is 440 g/mol.